The Labute approximate surface area is 131 Å². The van der Waals surface area contributed by atoms with Crippen molar-refractivity contribution in [2.75, 3.05) is 6.61 Å². The van der Waals surface area contributed by atoms with Gasteiger partial charge >= 0.3 is 0 Å². The lowest BCUT2D eigenvalue weighted by atomic mass is 9.91. The van der Waals surface area contributed by atoms with Crippen molar-refractivity contribution in [1.82, 2.24) is 0 Å². The minimum atomic E-state index is 0.177. The van der Waals surface area contributed by atoms with Gasteiger partial charge in [-0.2, -0.15) is 0 Å². The van der Waals surface area contributed by atoms with Gasteiger partial charge in [0, 0.05) is 17.9 Å². The van der Waals surface area contributed by atoms with Crippen LogP contribution in [0.15, 0.2) is 24.3 Å². The first-order valence-corrected chi connectivity index (χ1v) is 8.60. The maximum Gasteiger partial charge on any atom is 0.127 e. The molecule has 3 heteroatoms. The number of hydrogen-bond acceptors (Lipinski definition) is 2. The first kappa shape index (κ1) is 15.8. The van der Waals surface area contributed by atoms with E-state index >= 15 is 0 Å². The van der Waals surface area contributed by atoms with Crippen molar-refractivity contribution >= 4 is 15.9 Å². The Bertz CT molecular complexity index is 421. The topological polar surface area (TPSA) is 18.5 Å². The Morgan fingerprint density at radius 2 is 2.05 bits per heavy atom. The molecule has 0 saturated heterocycles. The van der Waals surface area contributed by atoms with Crippen LogP contribution in [0.1, 0.15) is 51.5 Å². The number of hydrogen-bond donors (Lipinski definition) is 0. The first-order chi connectivity index (χ1) is 9.67. The second-order valence-electron chi connectivity index (χ2n) is 5.59. The summed E-state index contributed by atoms with van der Waals surface area (Å²) < 4.78 is 12.1. The molecule has 112 valence electrons. The van der Waals surface area contributed by atoms with Crippen molar-refractivity contribution in [3.63, 3.8) is 0 Å². The lowest BCUT2D eigenvalue weighted by Crippen LogP contribution is -2.52. The van der Waals surface area contributed by atoms with Crippen LogP contribution in [0.3, 0.4) is 0 Å². The highest BCUT2D eigenvalue weighted by Gasteiger charge is 2.42. The summed E-state index contributed by atoms with van der Waals surface area (Å²) in [7, 11) is 0. The largest absolute Gasteiger partial charge is 0.487 e. The van der Waals surface area contributed by atoms with Crippen LogP contribution in [0.5, 0.6) is 5.75 Å². The maximum absolute atomic E-state index is 6.23. The summed E-state index contributed by atoms with van der Waals surface area (Å²) in [6.45, 7) is 7.41. The predicted molar refractivity (Wildman–Crippen MR) is 86.9 cm³/mol. The highest BCUT2D eigenvalue weighted by Crippen LogP contribution is 2.37. The Morgan fingerprint density at radius 1 is 1.30 bits per heavy atom. The number of ether oxygens (including phenoxy) is 2. The zero-order valence-electron chi connectivity index (χ0n) is 12.6. The SMILES string of the molecule is CCCOC1C(Br)CC1Oc1ccccc1C(C)CC. The molecule has 20 heavy (non-hydrogen) atoms. The number of rotatable bonds is 7. The summed E-state index contributed by atoms with van der Waals surface area (Å²) in [5.74, 6) is 1.55. The molecule has 4 atom stereocenters. The summed E-state index contributed by atoms with van der Waals surface area (Å²) >= 11 is 3.67. The van der Waals surface area contributed by atoms with Crippen molar-refractivity contribution in [3.8, 4) is 5.75 Å². The van der Waals surface area contributed by atoms with Crippen LogP contribution in [0.4, 0.5) is 0 Å². The second kappa shape index (κ2) is 7.46. The summed E-state index contributed by atoms with van der Waals surface area (Å²) in [5.41, 5.74) is 1.31. The third-order valence-electron chi connectivity index (χ3n) is 4.04. The van der Waals surface area contributed by atoms with E-state index in [1.165, 1.54) is 5.56 Å². The van der Waals surface area contributed by atoms with Gasteiger partial charge in [0.25, 0.3) is 0 Å². The van der Waals surface area contributed by atoms with E-state index in [4.69, 9.17) is 9.47 Å². The van der Waals surface area contributed by atoms with Crippen molar-refractivity contribution in [1.29, 1.82) is 0 Å². The second-order valence-corrected chi connectivity index (χ2v) is 6.77. The average Bonchev–Trinajstić information content (AvgIpc) is 2.46. The molecule has 1 aliphatic rings. The molecule has 0 bridgehead atoms. The van der Waals surface area contributed by atoms with Gasteiger partial charge in [0.1, 0.15) is 18.0 Å². The average molecular weight is 341 g/mol. The Hall–Kier alpha value is -0.540. The van der Waals surface area contributed by atoms with Crippen LogP contribution >= 0.6 is 15.9 Å². The molecule has 1 aromatic rings. The number of para-hydroxylation sites is 1. The molecule has 2 nitrogen and oxygen atoms in total. The summed E-state index contributed by atoms with van der Waals surface area (Å²) in [6.07, 6.45) is 3.55. The fraction of sp³-hybridized carbons (Fsp3) is 0.647. The molecule has 0 spiro atoms. The molecule has 1 aliphatic carbocycles. The standard InChI is InChI=1S/C17H25BrO2/c1-4-10-19-17-14(18)11-16(17)20-15-9-7-6-8-13(15)12(3)5-2/h6-9,12,14,16-17H,4-5,10-11H2,1-3H3. The fourth-order valence-corrected chi connectivity index (χ4v) is 3.35. The van der Waals surface area contributed by atoms with Gasteiger partial charge in [0.05, 0.1) is 0 Å². The van der Waals surface area contributed by atoms with Gasteiger partial charge in [-0.1, -0.05) is 54.9 Å². The van der Waals surface area contributed by atoms with E-state index in [1.54, 1.807) is 0 Å². The third-order valence-corrected chi connectivity index (χ3v) is 4.93. The van der Waals surface area contributed by atoms with Crippen molar-refractivity contribution in [2.45, 2.75) is 63.0 Å². The van der Waals surface area contributed by atoms with Gasteiger partial charge in [-0.15, -0.1) is 0 Å². The zero-order chi connectivity index (χ0) is 14.5. The predicted octanol–water partition coefficient (Wildman–Crippen LogP) is 4.91. The number of alkyl halides is 1. The molecule has 4 unspecified atom stereocenters. The van der Waals surface area contributed by atoms with Gasteiger partial charge in [0.15, 0.2) is 0 Å². The zero-order valence-corrected chi connectivity index (χ0v) is 14.2. The van der Waals surface area contributed by atoms with E-state index in [1.807, 2.05) is 6.07 Å². The maximum atomic E-state index is 6.23. The molecule has 0 radical (unpaired) electrons. The van der Waals surface area contributed by atoms with Crippen LogP contribution in [-0.2, 0) is 4.74 Å². The quantitative estimate of drug-likeness (QED) is 0.656. The summed E-state index contributed by atoms with van der Waals surface area (Å²) in [5, 5.41) is 0. The van der Waals surface area contributed by atoms with E-state index < -0.39 is 0 Å². The van der Waals surface area contributed by atoms with E-state index in [9.17, 15) is 0 Å². The molecule has 1 saturated carbocycles. The lowest BCUT2D eigenvalue weighted by Gasteiger charge is -2.41. The van der Waals surface area contributed by atoms with Crippen molar-refractivity contribution in [3.05, 3.63) is 29.8 Å². The minimum absolute atomic E-state index is 0.177. The molecular weight excluding hydrogens is 316 g/mol. The molecule has 0 aromatic heterocycles. The highest BCUT2D eigenvalue weighted by atomic mass is 79.9. The van der Waals surface area contributed by atoms with Crippen LogP contribution in [-0.4, -0.2) is 23.6 Å². The summed E-state index contributed by atoms with van der Waals surface area (Å²) in [4.78, 5) is 0.426. The van der Waals surface area contributed by atoms with Crippen LogP contribution in [0.2, 0.25) is 0 Å². The number of benzene rings is 1. The van der Waals surface area contributed by atoms with E-state index in [-0.39, 0.29) is 12.2 Å². The van der Waals surface area contributed by atoms with Crippen LogP contribution in [0.25, 0.3) is 0 Å². The molecule has 0 heterocycles. The van der Waals surface area contributed by atoms with Gasteiger partial charge in [-0.05, 0) is 30.4 Å². The van der Waals surface area contributed by atoms with Crippen LogP contribution < -0.4 is 4.74 Å². The van der Waals surface area contributed by atoms with E-state index in [2.05, 4.69) is 54.9 Å². The Morgan fingerprint density at radius 3 is 2.70 bits per heavy atom. The number of halogens is 1. The van der Waals surface area contributed by atoms with Gasteiger partial charge in [-0.25, -0.2) is 0 Å². The molecule has 0 amide bonds. The van der Waals surface area contributed by atoms with Gasteiger partial charge < -0.3 is 9.47 Å². The highest BCUT2D eigenvalue weighted by molar-refractivity contribution is 9.09. The van der Waals surface area contributed by atoms with Crippen LogP contribution in [0, 0.1) is 0 Å². The molecule has 2 rings (SSSR count). The fourth-order valence-electron chi connectivity index (χ4n) is 2.49. The molecule has 1 fully saturated rings. The van der Waals surface area contributed by atoms with Gasteiger partial charge in [0.2, 0.25) is 0 Å². The van der Waals surface area contributed by atoms with E-state index in [0.29, 0.717) is 10.7 Å². The van der Waals surface area contributed by atoms with Crippen molar-refractivity contribution < 1.29 is 9.47 Å². The lowest BCUT2D eigenvalue weighted by molar-refractivity contribution is -0.0765. The monoisotopic (exact) mass is 340 g/mol. The minimum Gasteiger partial charge on any atom is -0.487 e. The molecule has 1 aromatic carbocycles. The molecule has 0 N–H and O–H groups in total. The normalized spacial score (nSPS) is 26.9. The summed E-state index contributed by atoms with van der Waals surface area (Å²) in [6, 6.07) is 8.40. The smallest absolute Gasteiger partial charge is 0.127 e. The Kier molecular flexibility index (Phi) is 5.91. The van der Waals surface area contributed by atoms with E-state index in [0.717, 1.165) is 31.6 Å². The molecular formula is C17H25BrO2. The van der Waals surface area contributed by atoms with Gasteiger partial charge in [-0.3, -0.25) is 0 Å². The Balaban J connectivity index is 2.03. The molecule has 0 aliphatic heterocycles. The first-order valence-electron chi connectivity index (χ1n) is 7.68. The van der Waals surface area contributed by atoms with Crippen molar-refractivity contribution in [2.24, 2.45) is 0 Å². The third kappa shape index (κ3) is 3.56.